The topological polar surface area (TPSA) is 49.3 Å². The maximum Gasteiger partial charge on any atom is 0.433 e. The molecule has 1 aliphatic rings. The van der Waals surface area contributed by atoms with E-state index in [1.807, 2.05) is 21.7 Å². The Balaban J connectivity index is 1.45. The van der Waals surface area contributed by atoms with Crippen molar-refractivity contribution in [1.82, 2.24) is 14.9 Å². The van der Waals surface area contributed by atoms with Crippen LogP contribution < -0.4 is 4.90 Å². The van der Waals surface area contributed by atoms with Gasteiger partial charge in [-0.2, -0.15) is 24.5 Å². The van der Waals surface area contributed by atoms with Crippen LogP contribution in [0.25, 0.3) is 22.0 Å². The Morgan fingerprint density at radius 2 is 1.71 bits per heavy atom. The van der Waals surface area contributed by atoms with Gasteiger partial charge in [0, 0.05) is 48.9 Å². The van der Waals surface area contributed by atoms with Crippen LogP contribution in [-0.4, -0.2) is 47.0 Å². The second-order valence-electron chi connectivity index (χ2n) is 7.88. The number of benzene rings is 1. The van der Waals surface area contributed by atoms with Crippen molar-refractivity contribution in [2.75, 3.05) is 31.1 Å². The number of thiophene rings is 1. The summed E-state index contributed by atoms with van der Waals surface area (Å²) in [4.78, 5) is 24.9. The molecule has 0 N–H and O–H groups in total. The number of carbonyl (C=O) groups excluding carboxylic acids is 1. The maximum atomic E-state index is 13.4. The van der Waals surface area contributed by atoms with E-state index in [9.17, 15) is 22.4 Å². The molecule has 1 fully saturated rings. The Kier molecular flexibility index (Phi) is 5.68. The number of pyridine rings is 2. The van der Waals surface area contributed by atoms with E-state index in [4.69, 9.17) is 0 Å². The normalized spacial score (nSPS) is 14.6. The molecule has 1 saturated heterocycles. The summed E-state index contributed by atoms with van der Waals surface area (Å²) < 4.78 is 53.3. The number of aromatic nitrogens is 2. The zero-order valence-corrected chi connectivity index (χ0v) is 18.5. The highest BCUT2D eigenvalue weighted by Gasteiger charge is 2.33. The molecule has 1 aliphatic heterocycles. The highest BCUT2D eigenvalue weighted by Crippen LogP contribution is 2.36. The number of carbonyl (C=O) groups is 1. The van der Waals surface area contributed by atoms with Gasteiger partial charge in [-0.1, -0.05) is 0 Å². The Morgan fingerprint density at radius 3 is 2.35 bits per heavy atom. The summed E-state index contributed by atoms with van der Waals surface area (Å²) >= 11 is 1.44. The van der Waals surface area contributed by atoms with Gasteiger partial charge in [0.15, 0.2) is 0 Å². The first-order valence-corrected chi connectivity index (χ1v) is 11.4. The van der Waals surface area contributed by atoms with Crippen LogP contribution in [0.4, 0.5) is 23.4 Å². The van der Waals surface area contributed by atoms with Crippen LogP contribution in [0.2, 0.25) is 0 Å². The molecular weight excluding hydrogens is 468 g/mol. The zero-order chi connectivity index (χ0) is 23.9. The molecule has 1 amide bonds. The van der Waals surface area contributed by atoms with Crippen LogP contribution in [0.1, 0.15) is 16.1 Å². The molecule has 4 heterocycles. The van der Waals surface area contributed by atoms with Crippen molar-refractivity contribution in [2.45, 2.75) is 6.18 Å². The van der Waals surface area contributed by atoms with E-state index in [1.54, 1.807) is 11.1 Å². The van der Waals surface area contributed by atoms with Crippen molar-refractivity contribution >= 4 is 34.0 Å². The van der Waals surface area contributed by atoms with E-state index in [0.717, 1.165) is 11.6 Å². The third kappa shape index (κ3) is 4.21. The summed E-state index contributed by atoms with van der Waals surface area (Å²) in [6.45, 7) is 1.71. The van der Waals surface area contributed by atoms with Gasteiger partial charge in [0.1, 0.15) is 17.3 Å². The number of hydrogen-bond donors (Lipinski definition) is 0. The first-order chi connectivity index (χ1) is 16.3. The average molecular weight is 486 g/mol. The summed E-state index contributed by atoms with van der Waals surface area (Å²) in [6.07, 6.45) is -3.00. The summed E-state index contributed by atoms with van der Waals surface area (Å²) in [5.74, 6) is -0.0710. The van der Waals surface area contributed by atoms with Gasteiger partial charge in [-0.3, -0.25) is 4.79 Å². The molecule has 5 rings (SSSR count). The second-order valence-corrected chi connectivity index (χ2v) is 8.66. The third-order valence-electron chi connectivity index (χ3n) is 5.79. The number of hydrogen-bond acceptors (Lipinski definition) is 5. The van der Waals surface area contributed by atoms with Crippen molar-refractivity contribution < 1.29 is 22.4 Å². The monoisotopic (exact) mass is 486 g/mol. The van der Waals surface area contributed by atoms with Crippen LogP contribution in [0.3, 0.4) is 0 Å². The first-order valence-electron chi connectivity index (χ1n) is 10.5. The standard InChI is InChI=1S/C24H18F4N4OS/c25-17-3-1-15(2-4-17)23(33)32-10-8-31(9-11-32)22-18-5-6-20(24(26,27)28)30-21(18)19(13-29-22)16-7-12-34-14-16/h1-7,12-14H,8-11H2. The van der Waals surface area contributed by atoms with Crippen molar-refractivity contribution in [2.24, 2.45) is 0 Å². The number of halogens is 4. The molecule has 10 heteroatoms. The van der Waals surface area contributed by atoms with E-state index in [0.29, 0.717) is 48.5 Å². The molecular formula is C24H18F4N4OS. The number of piperazine rings is 1. The Bertz CT molecular complexity index is 1330. The zero-order valence-electron chi connectivity index (χ0n) is 17.7. The lowest BCUT2D eigenvalue weighted by atomic mass is 10.1. The summed E-state index contributed by atoms with van der Waals surface area (Å²) in [6, 6.07) is 9.60. The third-order valence-corrected chi connectivity index (χ3v) is 6.47. The fourth-order valence-corrected chi connectivity index (χ4v) is 4.69. The maximum absolute atomic E-state index is 13.4. The van der Waals surface area contributed by atoms with Gasteiger partial charge in [0.2, 0.25) is 0 Å². The minimum atomic E-state index is -4.56. The predicted molar refractivity (Wildman–Crippen MR) is 122 cm³/mol. The summed E-state index contributed by atoms with van der Waals surface area (Å²) in [7, 11) is 0. The van der Waals surface area contributed by atoms with Crippen molar-refractivity contribution in [3.63, 3.8) is 0 Å². The minimum absolute atomic E-state index is 0.193. The minimum Gasteiger partial charge on any atom is -0.353 e. The van der Waals surface area contributed by atoms with Gasteiger partial charge in [0.05, 0.1) is 5.52 Å². The van der Waals surface area contributed by atoms with E-state index in [1.165, 1.54) is 41.7 Å². The van der Waals surface area contributed by atoms with Crippen LogP contribution in [-0.2, 0) is 6.18 Å². The van der Waals surface area contributed by atoms with Gasteiger partial charge in [-0.05, 0) is 58.8 Å². The molecule has 1 aromatic carbocycles. The molecule has 0 atom stereocenters. The molecule has 0 aliphatic carbocycles. The SMILES string of the molecule is O=C(c1ccc(F)cc1)N1CCN(c2ncc(-c3ccsc3)c3nc(C(F)(F)F)ccc23)CC1. The van der Waals surface area contributed by atoms with Gasteiger partial charge in [-0.15, -0.1) is 0 Å². The number of nitrogens with zero attached hydrogens (tertiary/aromatic N) is 4. The number of amides is 1. The first kappa shape index (κ1) is 22.3. The highest BCUT2D eigenvalue weighted by atomic mass is 32.1. The van der Waals surface area contributed by atoms with Crippen LogP contribution in [0.15, 0.2) is 59.4 Å². The molecule has 34 heavy (non-hydrogen) atoms. The highest BCUT2D eigenvalue weighted by molar-refractivity contribution is 7.08. The Hall–Kier alpha value is -3.53. The molecule has 0 saturated carbocycles. The molecule has 5 nitrogen and oxygen atoms in total. The lowest BCUT2D eigenvalue weighted by Gasteiger charge is -2.36. The van der Waals surface area contributed by atoms with E-state index >= 15 is 0 Å². The van der Waals surface area contributed by atoms with E-state index < -0.39 is 17.7 Å². The Labute approximate surface area is 196 Å². The number of alkyl halides is 3. The number of fused-ring (bicyclic) bond motifs is 1. The smallest absolute Gasteiger partial charge is 0.353 e. The van der Waals surface area contributed by atoms with Crippen molar-refractivity contribution in [1.29, 1.82) is 0 Å². The molecule has 0 radical (unpaired) electrons. The molecule has 4 aromatic rings. The molecule has 0 spiro atoms. The largest absolute Gasteiger partial charge is 0.433 e. The van der Waals surface area contributed by atoms with Crippen LogP contribution in [0, 0.1) is 5.82 Å². The summed E-state index contributed by atoms with van der Waals surface area (Å²) in [5.41, 5.74) is 0.987. The molecule has 3 aromatic heterocycles. The second kappa shape index (κ2) is 8.68. The van der Waals surface area contributed by atoms with Gasteiger partial charge in [0.25, 0.3) is 5.91 Å². The number of rotatable bonds is 3. The molecule has 174 valence electrons. The van der Waals surface area contributed by atoms with Crippen LogP contribution in [0.5, 0.6) is 0 Å². The number of anilines is 1. The van der Waals surface area contributed by atoms with E-state index in [-0.39, 0.29) is 11.4 Å². The quantitative estimate of drug-likeness (QED) is 0.360. The lowest BCUT2D eigenvalue weighted by molar-refractivity contribution is -0.140. The predicted octanol–water partition coefficient (Wildman–Crippen LogP) is 5.48. The Morgan fingerprint density at radius 1 is 0.971 bits per heavy atom. The fourth-order valence-electron chi connectivity index (χ4n) is 4.04. The van der Waals surface area contributed by atoms with Gasteiger partial charge in [-0.25, -0.2) is 14.4 Å². The average Bonchev–Trinajstić information content (AvgIpc) is 3.37. The van der Waals surface area contributed by atoms with Gasteiger partial charge < -0.3 is 9.80 Å². The lowest BCUT2D eigenvalue weighted by Crippen LogP contribution is -2.49. The van der Waals surface area contributed by atoms with E-state index in [2.05, 4.69) is 9.97 Å². The van der Waals surface area contributed by atoms with Crippen molar-refractivity contribution in [3.8, 4) is 11.1 Å². The van der Waals surface area contributed by atoms with Crippen molar-refractivity contribution in [3.05, 3.63) is 76.5 Å². The van der Waals surface area contributed by atoms with Gasteiger partial charge >= 0.3 is 6.18 Å². The molecule has 0 bridgehead atoms. The van der Waals surface area contributed by atoms with Crippen LogP contribution >= 0.6 is 11.3 Å². The summed E-state index contributed by atoms with van der Waals surface area (Å²) in [5, 5.41) is 4.22. The molecule has 0 unspecified atom stereocenters. The fraction of sp³-hybridized carbons (Fsp3) is 0.208.